The minimum absolute atomic E-state index is 0.104. The lowest BCUT2D eigenvalue weighted by atomic mass is 10.1. The quantitative estimate of drug-likeness (QED) is 0.290. The predicted molar refractivity (Wildman–Crippen MR) is 58.7 cm³/mol. The number of carbonyl (C=O) groups is 1. The van der Waals surface area contributed by atoms with Gasteiger partial charge >= 0.3 is 0 Å². The van der Waals surface area contributed by atoms with Gasteiger partial charge in [0.05, 0.1) is 5.92 Å². The SMILES string of the molecule is CC(C(=O)NCc1ccncc1)C(N)=NO. The number of nitrogens with zero attached hydrogens (tertiary/aromatic N) is 2. The van der Waals surface area contributed by atoms with Gasteiger partial charge in [-0.3, -0.25) is 9.78 Å². The van der Waals surface area contributed by atoms with Gasteiger partial charge < -0.3 is 16.3 Å². The molecule has 1 rings (SSSR count). The zero-order valence-corrected chi connectivity index (χ0v) is 8.92. The number of amidine groups is 1. The molecule has 86 valence electrons. The van der Waals surface area contributed by atoms with Gasteiger partial charge in [0, 0.05) is 18.9 Å². The minimum atomic E-state index is -0.646. The first-order valence-electron chi connectivity index (χ1n) is 4.79. The van der Waals surface area contributed by atoms with Crippen LogP contribution in [0, 0.1) is 5.92 Å². The molecule has 4 N–H and O–H groups in total. The molecule has 1 amide bonds. The second kappa shape index (κ2) is 5.69. The Kier molecular flexibility index (Phi) is 4.26. The van der Waals surface area contributed by atoms with Gasteiger partial charge in [0.2, 0.25) is 5.91 Å². The summed E-state index contributed by atoms with van der Waals surface area (Å²) >= 11 is 0. The average Bonchev–Trinajstić information content (AvgIpc) is 2.35. The van der Waals surface area contributed by atoms with Crippen LogP contribution >= 0.6 is 0 Å². The molecule has 1 aromatic heterocycles. The maximum Gasteiger partial charge on any atom is 0.230 e. The van der Waals surface area contributed by atoms with Crippen LogP contribution in [0.5, 0.6) is 0 Å². The molecule has 1 heterocycles. The van der Waals surface area contributed by atoms with E-state index < -0.39 is 5.92 Å². The van der Waals surface area contributed by atoms with Crippen molar-refractivity contribution in [2.75, 3.05) is 0 Å². The fourth-order valence-electron chi connectivity index (χ4n) is 1.06. The third-order valence-corrected chi connectivity index (χ3v) is 2.17. The first-order valence-corrected chi connectivity index (χ1v) is 4.79. The number of hydrogen-bond donors (Lipinski definition) is 3. The van der Waals surface area contributed by atoms with E-state index in [2.05, 4.69) is 15.5 Å². The van der Waals surface area contributed by atoms with E-state index in [4.69, 9.17) is 10.9 Å². The topological polar surface area (TPSA) is 101 Å². The standard InChI is InChI=1S/C10H14N4O2/c1-7(9(11)14-16)10(15)13-6-8-2-4-12-5-3-8/h2-5,7,16H,6H2,1H3,(H2,11,14)(H,13,15). The second-order valence-electron chi connectivity index (χ2n) is 3.32. The number of nitrogens with one attached hydrogen (secondary N) is 1. The summed E-state index contributed by atoms with van der Waals surface area (Å²) in [6, 6.07) is 3.60. The molecule has 1 aromatic rings. The number of carbonyl (C=O) groups excluding carboxylic acids is 1. The Morgan fingerprint density at radius 2 is 2.25 bits per heavy atom. The molecule has 16 heavy (non-hydrogen) atoms. The molecule has 6 nitrogen and oxygen atoms in total. The summed E-state index contributed by atoms with van der Waals surface area (Å²) in [5.41, 5.74) is 6.26. The first kappa shape index (κ1) is 12.0. The van der Waals surface area contributed by atoms with E-state index in [1.807, 2.05) is 0 Å². The van der Waals surface area contributed by atoms with E-state index in [1.54, 1.807) is 31.5 Å². The van der Waals surface area contributed by atoms with Crippen LogP contribution in [0.25, 0.3) is 0 Å². The van der Waals surface area contributed by atoms with Crippen LogP contribution in [0.4, 0.5) is 0 Å². The summed E-state index contributed by atoms with van der Waals surface area (Å²) in [4.78, 5) is 15.4. The third kappa shape index (κ3) is 3.23. The summed E-state index contributed by atoms with van der Waals surface area (Å²) in [7, 11) is 0. The number of hydrogen-bond acceptors (Lipinski definition) is 4. The molecule has 1 unspecified atom stereocenters. The van der Waals surface area contributed by atoms with Crippen molar-refractivity contribution in [2.45, 2.75) is 13.5 Å². The molecule has 0 saturated carbocycles. The number of rotatable bonds is 4. The van der Waals surface area contributed by atoms with Crippen LogP contribution in [-0.4, -0.2) is 21.9 Å². The van der Waals surface area contributed by atoms with Gasteiger partial charge in [0.25, 0.3) is 0 Å². The Hall–Kier alpha value is -2.11. The highest BCUT2D eigenvalue weighted by Gasteiger charge is 2.16. The number of pyridine rings is 1. The summed E-state index contributed by atoms with van der Waals surface area (Å²) in [5, 5.41) is 13.9. The molecular formula is C10H14N4O2. The highest BCUT2D eigenvalue weighted by Crippen LogP contribution is 1.98. The van der Waals surface area contributed by atoms with Gasteiger partial charge in [-0.05, 0) is 24.6 Å². The second-order valence-corrected chi connectivity index (χ2v) is 3.32. The molecule has 0 radical (unpaired) electrons. The van der Waals surface area contributed by atoms with Gasteiger partial charge in [0.1, 0.15) is 0 Å². The Morgan fingerprint density at radius 3 is 2.81 bits per heavy atom. The lowest BCUT2D eigenvalue weighted by Gasteiger charge is -2.10. The van der Waals surface area contributed by atoms with Crippen molar-refractivity contribution in [3.8, 4) is 0 Å². The average molecular weight is 222 g/mol. The van der Waals surface area contributed by atoms with Crippen LogP contribution in [-0.2, 0) is 11.3 Å². The maximum atomic E-state index is 11.5. The molecule has 0 aliphatic rings. The van der Waals surface area contributed by atoms with Crippen LogP contribution in [0.1, 0.15) is 12.5 Å². The van der Waals surface area contributed by atoms with Gasteiger partial charge in [-0.1, -0.05) is 5.16 Å². The third-order valence-electron chi connectivity index (χ3n) is 2.17. The maximum absolute atomic E-state index is 11.5. The Morgan fingerprint density at radius 1 is 1.62 bits per heavy atom. The Balaban J connectivity index is 2.48. The zero-order chi connectivity index (χ0) is 12.0. The lowest BCUT2D eigenvalue weighted by Crippen LogP contribution is -2.36. The molecule has 0 fully saturated rings. The zero-order valence-electron chi connectivity index (χ0n) is 8.92. The van der Waals surface area contributed by atoms with E-state index >= 15 is 0 Å². The lowest BCUT2D eigenvalue weighted by molar-refractivity contribution is -0.122. The molecular weight excluding hydrogens is 208 g/mol. The van der Waals surface area contributed by atoms with Gasteiger partial charge in [0.15, 0.2) is 5.84 Å². The number of nitrogens with two attached hydrogens (primary N) is 1. The van der Waals surface area contributed by atoms with Crippen LogP contribution in [0.2, 0.25) is 0 Å². The Labute approximate surface area is 93.2 Å². The summed E-state index contributed by atoms with van der Waals surface area (Å²) in [6.07, 6.45) is 3.29. The molecule has 0 bridgehead atoms. The van der Waals surface area contributed by atoms with Gasteiger partial charge in [-0.25, -0.2) is 0 Å². The fourth-order valence-corrected chi connectivity index (χ4v) is 1.06. The number of amides is 1. The summed E-state index contributed by atoms with van der Waals surface area (Å²) in [6.45, 7) is 1.96. The monoisotopic (exact) mass is 222 g/mol. The highest BCUT2D eigenvalue weighted by atomic mass is 16.4. The predicted octanol–water partition coefficient (Wildman–Crippen LogP) is 0.0803. The van der Waals surface area contributed by atoms with E-state index in [0.29, 0.717) is 6.54 Å². The van der Waals surface area contributed by atoms with Gasteiger partial charge in [-0.15, -0.1) is 0 Å². The van der Waals surface area contributed by atoms with Crippen LogP contribution in [0.3, 0.4) is 0 Å². The molecule has 1 atom stereocenters. The normalized spacial score (nSPS) is 13.2. The molecule has 0 spiro atoms. The van der Waals surface area contributed by atoms with Crippen molar-refractivity contribution in [1.29, 1.82) is 0 Å². The number of aromatic nitrogens is 1. The smallest absolute Gasteiger partial charge is 0.230 e. The van der Waals surface area contributed by atoms with Crippen LogP contribution < -0.4 is 11.1 Å². The van der Waals surface area contributed by atoms with Crippen molar-refractivity contribution >= 4 is 11.7 Å². The van der Waals surface area contributed by atoms with Crippen molar-refractivity contribution < 1.29 is 10.0 Å². The van der Waals surface area contributed by atoms with Crippen molar-refractivity contribution in [1.82, 2.24) is 10.3 Å². The molecule has 0 aromatic carbocycles. The molecule has 0 aliphatic heterocycles. The van der Waals surface area contributed by atoms with E-state index in [0.717, 1.165) is 5.56 Å². The largest absolute Gasteiger partial charge is 0.409 e. The van der Waals surface area contributed by atoms with Crippen molar-refractivity contribution in [2.24, 2.45) is 16.8 Å². The molecule has 6 heteroatoms. The van der Waals surface area contributed by atoms with Gasteiger partial charge in [-0.2, -0.15) is 0 Å². The molecule has 0 saturated heterocycles. The summed E-state index contributed by atoms with van der Waals surface area (Å²) < 4.78 is 0. The fraction of sp³-hybridized carbons (Fsp3) is 0.300. The van der Waals surface area contributed by atoms with Crippen molar-refractivity contribution in [3.05, 3.63) is 30.1 Å². The molecule has 0 aliphatic carbocycles. The van der Waals surface area contributed by atoms with E-state index in [9.17, 15) is 4.79 Å². The highest BCUT2D eigenvalue weighted by molar-refractivity contribution is 6.01. The summed E-state index contributed by atoms with van der Waals surface area (Å²) in [5.74, 6) is -1.04. The van der Waals surface area contributed by atoms with Crippen LogP contribution in [0.15, 0.2) is 29.7 Å². The minimum Gasteiger partial charge on any atom is -0.409 e. The first-order chi connectivity index (χ1) is 7.65. The van der Waals surface area contributed by atoms with E-state index in [1.165, 1.54) is 0 Å². The Bertz CT molecular complexity index is 378. The number of oxime groups is 1. The van der Waals surface area contributed by atoms with E-state index in [-0.39, 0.29) is 11.7 Å². The van der Waals surface area contributed by atoms with Crippen molar-refractivity contribution in [3.63, 3.8) is 0 Å².